The van der Waals surface area contributed by atoms with Gasteiger partial charge in [-0.2, -0.15) is 0 Å². The van der Waals surface area contributed by atoms with Crippen LogP contribution in [0.2, 0.25) is 0 Å². The van der Waals surface area contributed by atoms with Crippen molar-refractivity contribution in [2.24, 2.45) is 0 Å². The van der Waals surface area contributed by atoms with E-state index in [1.54, 1.807) is 0 Å². The van der Waals surface area contributed by atoms with Crippen LogP contribution in [0.25, 0.3) is 0 Å². The maximum atomic E-state index is 3.35. The number of unbranched alkanes of at least 4 members (excludes halogenated alkanes) is 2. The largest absolute Gasteiger partial charge is 0.316 e. The Bertz CT molecular complexity index is 93.8. The van der Waals surface area contributed by atoms with Crippen LogP contribution in [0.3, 0.4) is 0 Å². The first-order chi connectivity index (χ1) is 5.76. The topological polar surface area (TPSA) is 24.1 Å². The molecule has 0 aliphatic rings. The number of nitrogens with one attached hydrogen (secondary N) is 2. The molecule has 0 heterocycles. The number of likely N-dealkylation sites (N-methyl/N-ethyl adjacent to an activating group) is 2. The molecule has 0 rings (SSSR count). The Hall–Kier alpha value is -0.0800. The van der Waals surface area contributed by atoms with Crippen molar-refractivity contribution in [3.05, 3.63) is 0 Å². The van der Waals surface area contributed by atoms with E-state index >= 15 is 0 Å². The van der Waals surface area contributed by atoms with E-state index in [1.807, 2.05) is 14.1 Å². The molecule has 0 bridgehead atoms. The molecule has 12 heavy (non-hydrogen) atoms. The van der Waals surface area contributed by atoms with E-state index in [4.69, 9.17) is 0 Å². The van der Waals surface area contributed by atoms with Crippen molar-refractivity contribution in [2.45, 2.75) is 51.6 Å². The van der Waals surface area contributed by atoms with E-state index in [9.17, 15) is 0 Å². The summed E-state index contributed by atoms with van der Waals surface area (Å²) in [7, 11) is 4.07. The lowest BCUT2D eigenvalue weighted by molar-refractivity contribution is 0.396. The molecule has 0 aromatic rings. The maximum absolute atomic E-state index is 3.35. The SMILES string of the molecule is CCCCCC(NC)C(C)NC. The minimum absolute atomic E-state index is 0.576. The number of hydrogen-bond donors (Lipinski definition) is 2. The van der Waals surface area contributed by atoms with E-state index < -0.39 is 0 Å². The van der Waals surface area contributed by atoms with Crippen LogP contribution in [-0.2, 0) is 0 Å². The molecule has 0 saturated heterocycles. The van der Waals surface area contributed by atoms with E-state index in [-0.39, 0.29) is 0 Å². The van der Waals surface area contributed by atoms with Gasteiger partial charge in [0.15, 0.2) is 0 Å². The smallest absolute Gasteiger partial charge is 0.0215 e. The van der Waals surface area contributed by atoms with E-state index in [0.29, 0.717) is 12.1 Å². The van der Waals surface area contributed by atoms with Gasteiger partial charge < -0.3 is 10.6 Å². The van der Waals surface area contributed by atoms with Crippen LogP contribution in [0, 0.1) is 0 Å². The van der Waals surface area contributed by atoms with Gasteiger partial charge in [-0.3, -0.25) is 0 Å². The van der Waals surface area contributed by atoms with Crippen LogP contribution in [0.1, 0.15) is 39.5 Å². The third kappa shape index (κ3) is 4.73. The summed E-state index contributed by atoms with van der Waals surface area (Å²) in [5.74, 6) is 0. The van der Waals surface area contributed by atoms with Crippen LogP contribution >= 0.6 is 0 Å². The fraction of sp³-hybridized carbons (Fsp3) is 1.00. The van der Waals surface area contributed by atoms with Crippen molar-refractivity contribution >= 4 is 0 Å². The zero-order valence-electron chi connectivity index (χ0n) is 8.98. The quantitative estimate of drug-likeness (QED) is 0.572. The van der Waals surface area contributed by atoms with Gasteiger partial charge in [0, 0.05) is 12.1 Å². The first kappa shape index (κ1) is 11.9. The van der Waals surface area contributed by atoms with Crippen molar-refractivity contribution < 1.29 is 0 Å². The molecule has 0 aromatic carbocycles. The summed E-state index contributed by atoms with van der Waals surface area (Å²) < 4.78 is 0. The van der Waals surface area contributed by atoms with Gasteiger partial charge in [-0.15, -0.1) is 0 Å². The summed E-state index contributed by atoms with van der Waals surface area (Å²) in [6.07, 6.45) is 5.29. The third-order valence-electron chi connectivity index (χ3n) is 2.55. The first-order valence-corrected chi connectivity index (χ1v) is 5.10. The number of rotatable bonds is 7. The molecular formula is C10H24N2. The third-order valence-corrected chi connectivity index (χ3v) is 2.55. The average Bonchev–Trinajstić information content (AvgIpc) is 2.11. The highest BCUT2D eigenvalue weighted by molar-refractivity contribution is 4.75. The second-order valence-corrected chi connectivity index (χ2v) is 3.47. The van der Waals surface area contributed by atoms with Crippen LogP contribution in [0.5, 0.6) is 0 Å². The van der Waals surface area contributed by atoms with Crippen LogP contribution in [0.4, 0.5) is 0 Å². The molecule has 2 unspecified atom stereocenters. The highest BCUT2D eigenvalue weighted by atomic mass is 15.0. The van der Waals surface area contributed by atoms with Gasteiger partial charge in [-0.25, -0.2) is 0 Å². The van der Waals surface area contributed by atoms with Crippen LogP contribution in [-0.4, -0.2) is 26.2 Å². The van der Waals surface area contributed by atoms with Gasteiger partial charge in [-0.05, 0) is 27.4 Å². The Morgan fingerprint density at radius 1 is 1.08 bits per heavy atom. The Morgan fingerprint density at radius 2 is 1.75 bits per heavy atom. The number of hydrogen-bond acceptors (Lipinski definition) is 2. The van der Waals surface area contributed by atoms with Gasteiger partial charge >= 0.3 is 0 Å². The normalized spacial score (nSPS) is 16.0. The minimum atomic E-state index is 0.576. The monoisotopic (exact) mass is 172 g/mol. The molecule has 0 saturated carbocycles. The lowest BCUT2D eigenvalue weighted by Crippen LogP contribution is -2.43. The fourth-order valence-corrected chi connectivity index (χ4v) is 1.46. The summed E-state index contributed by atoms with van der Waals surface area (Å²) in [5, 5.41) is 6.63. The molecule has 2 N–H and O–H groups in total. The predicted octanol–water partition coefficient (Wildman–Crippen LogP) is 1.76. The van der Waals surface area contributed by atoms with Crippen LogP contribution in [0.15, 0.2) is 0 Å². The second kappa shape index (κ2) is 7.56. The average molecular weight is 172 g/mol. The summed E-state index contributed by atoms with van der Waals surface area (Å²) >= 11 is 0. The fourth-order valence-electron chi connectivity index (χ4n) is 1.46. The molecule has 0 aliphatic heterocycles. The van der Waals surface area contributed by atoms with E-state index in [0.717, 1.165) is 0 Å². The molecule has 0 aromatic heterocycles. The molecule has 74 valence electrons. The molecule has 2 nitrogen and oxygen atoms in total. The second-order valence-electron chi connectivity index (χ2n) is 3.47. The lowest BCUT2D eigenvalue weighted by Gasteiger charge is -2.22. The Balaban J connectivity index is 3.52. The van der Waals surface area contributed by atoms with Crippen molar-refractivity contribution in [3.8, 4) is 0 Å². The molecular weight excluding hydrogens is 148 g/mol. The van der Waals surface area contributed by atoms with E-state index in [1.165, 1.54) is 25.7 Å². The lowest BCUT2D eigenvalue weighted by atomic mass is 10.0. The van der Waals surface area contributed by atoms with Crippen molar-refractivity contribution in [3.63, 3.8) is 0 Å². The molecule has 2 atom stereocenters. The van der Waals surface area contributed by atoms with Crippen molar-refractivity contribution in [2.75, 3.05) is 14.1 Å². The zero-order chi connectivity index (χ0) is 9.40. The summed E-state index contributed by atoms with van der Waals surface area (Å²) in [4.78, 5) is 0. The Kier molecular flexibility index (Phi) is 7.51. The zero-order valence-corrected chi connectivity index (χ0v) is 8.98. The molecule has 2 heteroatoms. The molecule has 0 fully saturated rings. The predicted molar refractivity (Wildman–Crippen MR) is 55.5 cm³/mol. The first-order valence-electron chi connectivity index (χ1n) is 5.10. The van der Waals surface area contributed by atoms with Gasteiger partial charge in [0.2, 0.25) is 0 Å². The van der Waals surface area contributed by atoms with Gasteiger partial charge in [-0.1, -0.05) is 26.2 Å². The highest BCUT2D eigenvalue weighted by Crippen LogP contribution is 2.05. The van der Waals surface area contributed by atoms with Gasteiger partial charge in [0.1, 0.15) is 0 Å². The Labute approximate surface area is 77.1 Å². The van der Waals surface area contributed by atoms with Crippen LogP contribution < -0.4 is 10.6 Å². The Morgan fingerprint density at radius 3 is 2.17 bits per heavy atom. The standard InChI is InChI=1S/C10H24N2/c1-5-6-7-8-10(12-4)9(2)11-3/h9-12H,5-8H2,1-4H3. The molecule has 0 aliphatic carbocycles. The van der Waals surface area contributed by atoms with Crippen molar-refractivity contribution in [1.29, 1.82) is 0 Å². The minimum Gasteiger partial charge on any atom is -0.316 e. The summed E-state index contributed by atoms with van der Waals surface area (Å²) in [6.45, 7) is 4.48. The molecule has 0 spiro atoms. The summed E-state index contributed by atoms with van der Waals surface area (Å²) in [5.41, 5.74) is 0. The van der Waals surface area contributed by atoms with Gasteiger partial charge in [0.25, 0.3) is 0 Å². The van der Waals surface area contributed by atoms with Gasteiger partial charge in [0.05, 0.1) is 0 Å². The maximum Gasteiger partial charge on any atom is 0.0215 e. The molecule has 0 amide bonds. The highest BCUT2D eigenvalue weighted by Gasteiger charge is 2.11. The molecule has 0 radical (unpaired) electrons. The summed E-state index contributed by atoms with van der Waals surface area (Å²) in [6, 6.07) is 1.20. The van der Waals surface area contributed by atoms with E-state index in [2.05, 4.69) is 24.5 Å². The van der Waals surface area contributed by atoms with Crippen molar-refractivity contribution in [1.82, 2.24) is 10.6 Å².